The van der Waals surface area contributed by atoms with Crippen LogP contribution in [0.5, 0.6) is 0 Å². The van der Waals surface area contributed by atoms with Crippen molar-refractivity contribution >= 4 is 0 Å². The molecule has 1 rings (SSSR count). The molecule has 0 aliphatic carbocycles. The number of nitrogens with zero attached hydrogens (tertiary/aromatic N) is 1. The van der Waals surface area contributed by atoms with Gasteiger partial charge in [-0.25, -0.2) is 0 Å². The molecule has 14 heavy (non-hydrogen) atoms. The number of rotatable bonds is 4. The normalized spacial score (nSPS) is 20.2. The van der Waals surface area contributed by atoms with E-state index in [9.17, 15) is 0 Å². The zero-order chi connectivity index (χ0) is 10.2. The van der Waals surface area contributed by atoms with Crippen molar-refractivity contribution in [2.75, 3.05) is 32.7 Å². The Morgan fingerprint density at radius 1 is 1.43 bits per heavy atom. The standard InChI is InChI=1S/C12H20N2/c1-3-5-6-12(4-2)11-14-9-7-13-8-10-14/h3-6,13H,2,7-11H2,1H3/b5-3-,12-6+. The SMILES string of the molecule is C=C/C(=C\C=C/C)CN1CCNCC1. The maximum atomic E-state index is 3.83. The molecule has 2 nitrogen and oxygen atoms in total. The van der Waals surface area contributed by atoms with Gasteiger partial charge in [0.1, 0.15) is 0 Å². The van der Waals surface area contributed by atoms with Gasteiger partial charge in [0.15, 0.2) is 0 Å². The van der Waals surface area contributed by atoms with E-state index in [0.29, 0.717) is 0 Å². The second-order valence-electron chi connectivity index (χ2n) is 3.50. The molecule has 0 amide bonds. The average Bonchev–Trinajstić information content (AvgIpc) is 2.25. The zero-order valence-electron chi connectivity index (χ0n) is 9.00. The average molecular weight is 192 g/mol. The van der Waals surface area contributed by atoms with Gasteiger partial charge in [0.2, 0.25) is 0 Å². The maximum absolute atomic E-state index is 3.83. The van der Waals surface area contributed by atoms with Crippen molar-refractivity contribution in [3.8, 4) is 0 Å². The summed E-state index contributed by atoms with van der Waals surface area (Å²) in [5, 5.41) is 3.35. The molecule has 0 saturated carbocycles. The highest BCUT2D eigenvalue weighted by atomic mass is 15.2. The summed E-state index contributed by atoms with van der Waals surface area (Å²) >= 11 is 0. The highest BCUT2D eigenvalue weighted by Gasteiger charge is 2.09. The maximum Gasteiger partial charge on any atom is 0.0234 e. The Morgan fingerprint density at radius 2 is 2.14 bits per heavy atom. The predicted octanol–water partition coefficient (Wildman–Crippen LogP) is 1.58. The Bertz CT molecular complexity index is 222. The lowest BCUT2D eigenvalue weighted by atomic mass is 10.2. The topological polar surface area (TPSA) is 15.3 Å². The molecule has 0 bridgehead atoms. The van der Waals surface area contributed by atoms with Crippen LogP contribution in [0.4, 0.5) is 0 Å². The lowest BCUT2D eigenvalue weighted by Gasteiger charge is -2.27. The molecule has 0 radical (unpaired) electrons. The van der Waals surface area contributed by atoms with Gasteiger partial charge in [0.25, 0.3) is 0 Å². The van der Waals surface area contributed by atoms with Crippen LogP contribution in [0, 0.1) is 0 Å². The molecule has 1 aliphatic heterocycles. The van der Waals surface area contributed by atoms with E-state index in [-0.39, 0.29) is 0 Å². The van der Waals surface area contributed by atoms with Crippen LogP contribution in [0.1, 0.15) is 6.92 Å². The monoisotopic (exact) mass is 192 g/mol. The van der Waals surface area contributed by atoms with Crippen LogP contribution in [-0.2, 0) is 0 Å². The summed E-state index contributed by atoms with van der Waals surface area (Å²) in [7, 11) is 0. The van der Waals surface area contributed by atoms with Crippen molar-refractivity contribution in [3.05, 3.63) is 36.5 Å². The van der Waals surface area contributed by atoms with Crippen LogP contribution in [0.25, 0.3) is 0 Å². The number of allylic oxidation sites excluding steroid dienone is 3. The second kappa shape index (κ2) is 6.57. The van der Waals surface area contributed by atoms with Crippen molar-refractivity contribution in [1.29, 1.82) is 0 Å². The van der Waals surface area contributed by atoms with E-state index < -0.39 is 0 Å². The molecule has 0 aromatic rings. The highest BCUT2D eigenvalue weighted by molar-refractivity contribution is 5.23. The lowest BCUT2D eigenvalue weighted by Crippen LogP contribution is -2.44. The molecule has 0 aromatic heterocycles. The molecule has 0 spiro atoms. The van der Waals surface area contributed by atoms with E-state index in [1.54, 1.807) is 0 Å². The summed E-state index contributed by atoms with van der Waals surface area (Å²) in [6, 6.07) is 0. The Kier molecular flexibility index (Phi) is 5.27. The second-order valence-corrected chi connectivity index (χ2v) is 3.50. The first-order chi connectivity index (χ1) is 6.86. The van der Waals surface area contributed by atoms with Crippen molar-refractivity contribution in [3.63, 3.8) is 0 Å². The molecule has 1 heterocycles. The van der Waals surface area contributed by atoms with E-state index in [4.69, 9.17) is 0 Å². The van der Waals surface area contributed by atoms with E-state index in [0.717, 1.165) is 32.7 Å². The van der Waals surface area contributed by atoms with Gasteiger partial charge in [0, 0.05) is 32.7 Å². The fraction of sp³-hybridized carbons (Fsp3) is 0.500. The minimum atomic E-state index is 1.02. The fourth-order valence-corrected chi connectivity index (χ4v) is 1.53. The van der Waals surface area contributed by atoms with Crippen LogP contribution in [-0.4, -0.2) is 37.6 Å². The largest absolute Gasteiger partial charge is 0.314 e. The van der Waals surface area contributed by atoms with E-state index in [1.807, 2.05) is 19.1 Å². The summed E-state index contributed by atoms with van der Waals surface area (Å²) in [4.78, 5) is 2.45. The van der Waals surface area contributed by atoms with Crippen molar-refractivity contribution in [1.82, 2.24) is 10.2 Å². The van der Waals surface area contributed by atoms with Gasteiger partial charge in [-0.1, -0.05) is 30.9 Å². The van der Waals surface area contributed by atoms with Crippen LogP contribution < -0.4 is 5.32 Å². The summed E-state index contributed by atoms with van der Waals surface area (Å²) in [6.45, 7) is 11.4. The highest BCUT2D eigenvalue weighted by Crippen LogP contribution is 2.02. The molecule has 78 valence electrons. The molecule has 2 heteroatoms. The third-order valence-electron chi connectivity index (χ3n) is 2.38. The van der Waals surface area contributed by atoms with Gasteiger partial charge < -0.3 is 5.32 Å². The summed E-state index contributed by atoms with van der Waals surface area (Å²) in [6.07, 6.45) is 8.19. The Hall–Kier alpha value is -0.860. The molecule has 1 saturated heterocycles. The van der Waals surface area contributed by atoms with Crippen LogP contribution >= 0.6 is 0 Å². The van der Waals surface area contributed by atoms with Gasteiger partial charge in [-0.05, 0) is 12.5 Å². The summed E-state index contributed by atoms with van der Waals surface area (Å²) < 4.78 is 0. The van der Waals surface area contributed by atoms with Crippen molar-refractivity contribution in [2.45, 2.75) is 6.92 Å². The van der Waals surface area contributed by atoms with Crippen LogP contribution in [0.2, 0.25) is 0 Å². The minimum absolute atomic E-state index is 1.02. The molecule has 0 unspecified atom stereocenters. The first kappa shape index (κ1) is 11.2. The Labute approximate surface area is 87.0 Å². The number of nitrogens with one attached hydrogen (secondary N) is 1. The first-order valence-corrected chi connectivity index (χ1v) is 5.24. The Balaban J connectivity index is 2.42. The van der Waals surface area contributed by atoms with Gasteiger partial charge in [-0.3, -0.25) is 4.90 Å². The lowest BCUT2D eigenvalue weighted by molar-refractivity contribution is 0.261. The fourth-order valence-electron chi connectivity index (χ4n) is 1.53. The van der Waals surface area contributed by atoms with E-state index >= 15 is 0 Å². The third kappa shape index (κ3) is 3.90. The van der Waals surface area contributed by atoms with Gasteiger partial charge >= 0.3 is 0 Å². The smallest absolute Gasteiger partial charge is 0.0234 e. The molecule has 1 aliphatic rings. The zero-order valence-corrected chi connectivity index (χ0v) is 9.00. The van der Waals surface area contributed by atoms with E-state index in [2.05, 4.69) is 28.9 Å². The summed E-state index contributed by atoms with van der Waals surface area (Å²) in [5.41, 5.74) is 1.30. The predicted molar refractivity (Wildman–Crippen MR) is 62.4 cm³/mol. The first-order valence-electron chi connectivity index (χ1n) is 5.24. The number of hydrogen-bond donors (Lipinski definition) is 1. The quantitative estimate of drug-likeness (QED) is 0.680. The van der Waals surface area contributed by atoms with Gasteiger partial charge in [-0.15, -0.1) is 0 Å². The summed E-state index contributed by atoms with van der Waals surface area (Å²) in [5.74, 6) is 0. The van der Waals surface area contributed by atoms with Crippen molar-refractivity contribution in [2.24, 2.45) is 0 Å². The Morgan fingerprint density at radius 3 is 2.71 bits per heavy atom. The molecular formula is C12H20N2. The minimum Gasteiger partial charge on any atom is -0.314 e. The van der Waals surface area contributed by atoms with Crippen molar-refractivity contribution < 1.29 is 0 Å². The van der Waals surface area contributed by atoms with Gasteiger partial charge in [-0.2, -0.15) is 0 Å². The van der Waals surface area contributed by atoms with Gasteiger partial charge in [0.05, 0.1) is 0 Å². The molecular weight excluding hydrogens is 172 g/mol. The van der Waals surface area contributed by atoms with Crippen LogP contribution in [0.3, 0.4) is 0 Å². The number of piperazine rings is 1. The number of hydrogen-bond acceptors (Lipinski definition) is 2. The molecule has 1 N–H and O–H groups in total. The molecule has 0 atom stereocenters. The third-order valence-corrected chi connectivity index (χ3v) is 2.38. The van der Waals surface area contributed by atoms with Crippen LogP contribution in [0.15, 0.2) is 36.5 Å². The molecule has 0 aromatic carbocycles. The van der Waals surface area contributed by atoms with E-state index in [1.165, 1.54) is 5.57 Å². The molecule has 1 fully saturated rings.